The lowest BCUT2D eigenvalue weighted by atomic mass is 10.3. The standard InChI is InChI=1S/C9H11ClN4O5/c1-5(10)9(16)19-3-2-13-8(14(17)18)6(4-12-13)7(11)15/h4-5H,2-3H2,1H3,(H2,11,15). The van der Waals surface area contributed by atoms with Crippen LogP contribution in [-0.4, -0.2) is 38.6 Å². The topological polar surface area (TPSA) is 130 Å². The first kappa shape index (κ1) is 14.9. The van der Waals surface area contributed by atoms with Crippen LogP contribution < -0.4 is 5.73 Å². The van der Waals surface area contributed by atoms with E-state index in [2.05, 4.69) is 5.10 Å². The van der Waals surface area contributed by atoms with Crippen molar-refractivity contribution in [1.29, 1.82) is 0 Å². The second kappa shape index (κ2) is 6.14. The molecular weight excluding hydrogens is 280 g/mol. The molecule has 0 aliphatic heterocycles. The lowest BCUT2D eigenvalue weighted by molar-refractivity contribution is -0.393. The summed E-state index contributed by atoms with van der Waals surface area (Å²) in [6.07, 6.45) is 0.993. The molecule has 0 saturated carbocycles. The van der Waals surface area contributed by atoms with Gasteiger partial charge in [-0.2, -0.15) is 0 Å². The molecule has 0 aliphatic rings. The summed E-state index contributed by atoms with van der Waals surface area (Å²) in [5.41, 5.74) is 4.68. The van der Waals surface area contributed by atoms with E-state index in [9.17, 15) is 19.7 Å². The molecule has 0 saturated heterocycles. The van der Waals surface area contributed by atoms with Gasteiger partial charge in [0.15, 0.2) is 5.56 Å². The predicted molar refractivity (Wildman–Crippen MR) is 63.7 cm³/mol. The third-order valence-corrected chi connectivity index (χ3v) is 2.30. The number of hydrogen-bond donors (Lipinski definition) is 1. The molecule has 9 nitrogen and oxygen atoms in total. The van der Waals surface area contributed by atoms with Crippen molar-refractivity contribution >= 4 is 29.3 Å². The molecule has 1 amide bonds. The second-order valence-electron chi connectivity index (χ2n) is 3.51. The molecule has 1 atom stereocenters. The number of carbonyl (C=O) groups excluding carboxylic acids is 2. The number of nitro groups is 1. The van der Waals surface area contributed by atoms with Crippen LogP contribution in [0.3, 0.4) is 0 Å². The number of rotatable bonds is 6. The maximum absolute atomic E-state index is 11.1. The molecule has 19 heavy (non-hydrogen) atoms. The van der Waals surface area contributed by atoms with Crippen LogP contribution in [-0.2, 0) is 16.1 Å². The number of esters is 1. The summed E-state index contributed by atoms with van der Waals surface area (Å²) in [5.74, 6) is -2.14. The Morgan fingerprint density at radius 1 is 1.68 bits per heavy atom. The van der Waals surface area contributed by atoms with E-state index in [1.165, 1.54) is 6.92 Å². The van der Waals surface area contributed by atoms with Gasteiger partial charge in [0.05, 0.1) is 6.20 Å². The number of carbonyl (C=O) groups is 2. The fraction of sp³-hybridized carbons (Fsp3) is 0.444. The number of primary amides is 1. The van der Waals surface area contributed by atoms with Crippen LogP contribution in [0.4, 0.5) is 5.82 Å². The normalized spacial score (nSPS) is 11.9. The van der Waals surface area contributed by atoms with Crippen LogP contribution in [0.5, 0.6) is 0 Å². The Kier molecular flexibility index (Phi) is 4.81. The highest BCUT2D eigenvalue weighted by Gasteiger charge is 2.25. The van der Waals surface area contributed by atoms with E-state index in [0.717, 1.165) is 10.9 Å². The Hall–Kier alpha value is -2.16. The monoisotopic (exact) mass is 290 g/mol. The molecule has 0 bridgehead atoms. The van der Waals surface area contributed by atoms with Gasteiger partial charge < -0.3 is 20.6 Å². The van der Waals surface area contributed by atoms with Gasteiger partial charge in [-0.1, -0.05) is 5.10 Å². The summed E-state index contributed by atoms with van der Waals surface area (Å²) in [6, 6.07) is 0. The highest BCUT2D eigenvalue weighted by atomic mass is 35.5. The molecule has 1 rings (SSSR count). The average molecular weight is 291 g/mol. The fourth-order valence-corrected chi connectivity index (χ4v) is 1.32. The molecule has 1 heterocycles. The molecule has 1 aromatic heterocycles. The smallest absolute Gasteiger partial charge is 0.357 e. The number of alkyl halides is 1. The highest BCUT2D eigenvalue weighted by molar-refractivity contribution is 6.29. The molecule has 0 aliphatic carbocycles. The van der Waals surface area contributed by atoms with Crippen LogP contribution in [0.1, 0.15) is 17.3 Å². The zero-order valence-electron chi connectivity index (χ0n) is 9.91. The van der Waals surface area contributed by atoms with Gasteiger partial charge in [0.1, 0.15) is 18.5 Å². The highest BCUT2D eigenvalue weighted by Crippen LogP contribution is 2.17. The number of halogens is 1. The largest absolute Gasteiger partial charge is 0.460 e. The van der Waals surface area contributed by atoms with Crippen molar-refractivity contribution in [1.82, 2.24) is 9.78 Å². The molecular formula is C9H11ClN4O5. The van der Waals surface area contributed by atoms with Crippen LogP contribution in [0, 0.1) is 10.1 Å². The van der Waals surface area contributed by atoms with Crippen molar-refractivity contribution in [3.8, 4) is 0 Å². The third-order valence-electron chi connectivity index (χ3n) is 2.12. The van der Waals surface area contributed by atoms with Gasteiger partial charge in [0.2, 0.25) is 0 Å². The SMILES string of the molecule is CC(Cl)C(=O)OCCn1ncc(C(N)=O)c1[N+](=O)[O-]. The predicted octanol–water partition coefficient (Wildman–Crippen LogP) is 0.0607. The van der Waals surface area contributed by atoms with Gasteiger partial charge in [0, 0.05) is 0 Å². The van der Waals surface area contributed by atoms with E-state index in [1.807, 2.05) is 0 Å². The molecule has 0 aromatic carbocycles. The zero-order chi connectivity index (χ0) is 14.6. The Morgan fingerprint density at radius 3 is 2.79 bits per heavy atom. The van der Waals surface area contributed by atoms with Crippen LogP contribution >= 0.6 is 11.6 Å². The molecule has 2 N–H and O–H groups in total. The van der Waals surface area contributed by atoms with Gasteiger partial charge in [-0.05, 0) is 11.8 Å². The molecule has 10 heteroatoms. The third kappa shape index (κ3) is 3.65. The lowest BCUT2D eigenvalue weighted by Gasteiger charge is -2.04. The molecule has 1 aromatic rings. The van der Waals surface area contributed by atoms with Crippen molar-refractivity contribution in [2.45, 2.75) is 18.8 Å². The van der Waals surface area contributed by atoms with Crippen molar-refractivity contribution in [3.63, 3.8) is 0 Å². The average Bonchev–Trinajstić information content (AvgIpc) is 2.72. The van der Waals surface area contributed by atoms with E-state index >= 15 is 0 Å². The number of hydrogen-bond acceptors (Lipinski definition) is 6. The molecule has 0 radical (unpaired) electrons. The van der Waals surface area contributed by atoms with Gasteiger partial charge >= 0.3 is 11.8 Å². The van der Waals surface area contributed by atoms with E-state index in [-0.39, 0.29) is 18.7 Å². The van der Waals surface area contributed by atoms with E-state index < -0.39 is 28.0 Å². The van der Waals surface area contributed by atoms with E-state index in [0.29, 0.717) is 0 Å². The Balaban J connectivity index is 2.77. The van der Waals surface area contributed by atoms with Crippen LogP contribution in [0.2, 0.25) is 0 Å². The fourth-order valence-electron chi connectivity index (χ4n) is 1.26. The number of nitrogens with two attached hydrogens (primary N) is 1. The molecule has 1 unspecified atom stereocenters. The van der Waals surface area contributed by atoms with Gasteiger partial charge in [0.25, 0.3) is 5.91 Å². The van der Waals surface area contributed by atoms with Crippen molar-refractivity contribution in [2.24, 2.45) is 5.73 Å². The maximum atomic E-state index is 11.1. The Bertz CT molecular complexity index is 513. The molecule has 104 valence electrons. The van der Waals surface area contributed by atoms with E-state index in [4.69, 9.17) is 22.1 Å². The number of amides is 1. The molecule has 0 spiro atoms. The quantitative estimate of drug-likeness (QED) is 0.341. The van der Waals surface area contributed by atoms with Gasteiger partial charge in [-0.25, -0.2) is 0 Å². The van der Waals surface area contributed by atoms with Gasteiger partial charge in [-0.15, -0.1) is 16.3 Å². The first-order valence-corrected chi connectivity index (χ1v) is 5.59. The summed E-state index contributed by atoms with van der Waals surface area (Å²) in [6.45, 7) is 1.20. The summed E-state index contributed by atoms with van der Waals surface area (Å²) in [7, 11) is 0. The number of nitrogens with zero attached hydrogens (tertiary/aromatic N) is 3. The minimum absolute atomic E-state index is 0.0844. The summed E-state index contributed by atoms with van der Waals surface area (Å²) in [5, 5.41) is 13.7. The summed E-state index contributed by atoms with van der Waals surface area (Å²) >= 11 is 5.47. The zero-order valence-corrected chi connectivity index (χ0v) is 10.7. The van der Waals surface area contributed by atoms with Crippen molar-refractivity contribution < 1.29 is 19.2 Å². The first-order chi connectivity index (χ1) is 8.84. The second-order valence-corrected chi connectivity index (χ2v) is 4.16. The van der Waals surface area contributed by atoms with Crippen LogP contribution in [0.25, 0.3) is 0 Å². The summed E-state index contributed by atoms with van der Waals surface area (Å²) in [4.78, 5) is 32.1. The minimum atomic E-state index is -0.954. The van der Waals surface area contributed by atoms with E-state index in [1.54, 1.807) is 0 Å². The van der Waals surface area contributed by atoms with Crippen molar-refractivity contribution in [2.75, 3.05) is 6.61 Å². The lowest BCUT2D eigenvalue weighted by Crippen LogP contribution is -2.19. The minimum Gasteiger partial charge on any atom is -0.460 e. The number of aromatic nitrogens is 2. The maximum Gasteiger partial charge on any atom is 0.357 e. The first-order valence-electron chi connectivity index (χ1n) is 5.15. The number of ether oxygens (including phenoxy) is 1. The molecule has 0 fully saturated rings. The van der Waals surface area contributed by atoms with Crippen molar-refractivity contribution in [3.05, 3.63) is 21.9 Å². The van der Waals surface area contributed by atoms with Gasteiger partial charge in [-0.3, -0.25) is 9.59 Å². The Labute approximate surface area is 112 Å². The Morgan fingerprint density at radius 2 is 2.32 bits per heavy atom. The summed E-state index contributed by atoms with van der Waals surface area (Å²) < 4.78 is 5.66. The van der Waals surface area contributed by atoms with Crippen LogP contribution in [0.15, 0.2) is 6.20 Å².